The highest BCUT2D eigenvalue weighted by Crippen LogP contribution is 2.23. The van der Waals surface area contributed by atoms with Crippen molar-refractivity contribution in [2.45, 2.75) is 0 Å². The minimum absolute atomic E-state index is 0.986. The smallest absolute Gasteiger partial charge is 0.0744 e. The summed E-state index contributed by atoms with van der Waals surface area (Å²) < 4.78 is 0. The van der Waals surface area contributed by atoms with Crippen molar-refractivity contribution in [2.75, 3.05) is 0 Å². The van der Waals surface area contributed by atoms with E-state index in [1.807, 2.05) is 36.5 Å². The van der Waals surface area contributed by atoms with Gasteiger partial charge in [0, 0.05) is 17.1 Å². The summed E-state index contributed by atoms with van der Waals surface area (Å²) in [5.74, 6) is 0. The summed E-state index contributed by atoms with van der Waals surface area (Å²) in [5.41, 5.74) is 3.14. The van der Waals surface area contributed by atoms with E-state index in [0.29, 0.717) is 0 Å². The van der Waals surface area contributed by atoms with Gasteiger partial charge in [0.1, 0.15) is 0 Å². The van der Waals surface area contributed by atoms with Crippen LogP contribution < -0.4 is 5.32 Å². The van der Waals surface area contributed by atoms with E-state index in [1.54, 1.807) is 6.20 Å². The van der Waals surface area contributed by atoms with Crippen molar-refractivity contribution in [1.82, 2.24) is 15.5 Å². The van der Waals surface area contributed by atoms with Gasteiger partial charge >= 0.3 is 0 Å². The molecule has 3 rings (SSSR count). The molecule has 14 heavy (non-hydrogen) atoms. The standard InChI is InChI=1S/C11H8N3/c1-3-8-7-13-14-11(8)9(4-1)10-5-2-6-12-10/h1-7H,(H,13,14). The Bertz CT molecular complexity index is 534. The zero-order valence-electron chi connectivity index (χ0n) is 7.44. The summed E-state index contributed by atoms with van der Waals surface area (Å²) in [6, 6.07) is 6.09. The molecule has 0 spiro atoms. The van der Waals surface area contributed by atoms with E-state index in [-0.39, 0.29) is 0 Å². The third-order valence-corrected chi connectivity index (χ3v) is 2.31. The average molecular weight is 182 g/mol. The van der Waals surface area contributed by atoms with Gasteiger partial charge in [-0.3, -0.25) is 10.4 Å². The molecule has 0 saturated heterocycles. The van der Waals surface area contributed by atoms with Crippen molar-refractivity contribution < 1.29 is 0 Å². The van der Waals surface area contributed by atoms with Crippen LogP contribution in [0.25, 0.3) is 16.6 Å². The van der Waals surface area contributed by atoms with Gasteiger partial charge in [-0.2, -0.15) is 5.10 Å². The fourth-order valence-corrected chi connectivity index (χ4v) is 1.64. The summed E-state index contributed by atoms with van der Waals surface area (Å²) in [4.78, 5) is 0. The van der Waals surface area contributed by atoms with Gasteiger partial charge in [-0.1, -0.05) is 18.2 Å². The van der Waals surface area contributed by atoms with E-state index in [2.05, 4.69) is 15.5 Å². The lowest BCUT2D eigenvalue weighted by molar-refractivity contribution is 1.11. The Morgan fingerprint density at radius 1 is 1.21 bits per heavy atom. The average Bonchev–Trinajstić information content (AvgIpc) is 2.88. The molecule has 0 atom stereocenters. The fraction of sp³-hybridized carbons (Fsp3) is 0. The Morgan fingerprint density at radius 3 is 3.07 bits per heavy atom. The Morgan fingerprint density at radius 2 is 2.21 bits per heavy atom. The molecule has 3 heteroatoms. The molecular formula is C11H8N3. The van der Waals surface area contributed by atoms with Gasteiger partial charge in [-0.15, -0.1) is 0 Å². The van der Waals surface area contributed by atoms with E-state index in [0.717, 1.165) is 22.2 Å². The molecule has 0 saturated carbocycles. The second-order valence-electron chi connectivity index (χ2n) is 3.16. The van der Waals surface area contributed by atoms with Crippen LogP contribution in [0.3, 0.4) is 0 Å². The largest absolute Gasteiger partial charge is 0.277 e. The maximum atomic E-state index is 4.27. The molecule has 2 aromatic rings. The van der Waals surface area contributed by atoms with Crippen molar-refractivity contribution >= 4 is 16.6 Å². The third kappa shape index (κ3) is 0.956. The van der Waals surface area contributed by atoms with Gasteiger partial charge in [-0.25, -0.2) is 0 Å². The predicted molar refractivity (Wildman–Crippen MR) is 55.3 cm³/mol. The van der Waals surface area contributed by atoms with Crippen LogP contribution in [0.15, 0.2) is 42.7 Å². The normalized spacial score (nSPS) is 14.4. The molecule has 1 aromatic heterocycles. The first-order valence-corrected chi connectivity index (χ1v) is 4.45. The number of H-pyrrole nitrogens is 1. The number of nitrogens with one attached hydrogen (secondary N) is 1. The quantitative estimate of drug-likeness (QED) is 0.720. The topological polar surface area (TPSA) is 42.8 Å². The molecule has 0 aliphatic carbocycles. The lowest BCUT2D eigenvalue weighted by Crippen LogP contribution is -1.92. The van der Waals surface area contributed by atoms with Crippen LogP contribution >= 0.6 is 0 Å². The molecule has 1 aliphatic heterocycles. The maximum absolute atomic E-state index is 4.27. The number of aromatic amines is 1. The van der Waals surface area contributed by atoms with Crippen molar-refractivity contribution in [2.24, 2.45) is 0 Å². The van der Waals surface area contributed by atoms with Crippen LogP contribution in [0.2, 0.25) is 0 Å². The molecule has 2 heterocycles. The van der Waals surface area contributed by atoms with Gasteiger partial charge < -0.3 is 0 Å². The molecule has 1 N–H and O–H groups in total. The van der Waals surface area contributed by atoms with Crippen LogP contribution in [0.4, 0.5) is 0 Å². The summed E-state index contributed by atoms with van der Waals surface area (Å²) in [6.07, 6.45) is 7.55. The van der Waals surface area contributed by atoms with Crippen molar-refractivity contribution in [1.29, 1.82) is 0 Å². The second-order valence-corrected chi connectivity index (χ2v) is 3.16. The number of allylic oxidation sites excluding steroid dienone is 2. The Hall–Kier alpha value is -2.03. The number of hydrogen-bond donors (Lipinski definition) is 1. The highest BCUT2D eigenvalue weighted by atomic mass is 15.1. The predicted octanol–water partition coefficient (Wildman–Crippen LogP) is 2.04. The van der Waals surface area contributed by atoms with Crippen LogP contribution in [-0.4, -0.2) is 10.2 Å². The van der Waals surface area contributed by atoms with Gasteiger partial charge in [0.2, 0.25) is 0 Å². The summed E-state index contributed by atoms with van der Waals surface area (Å²) in [5, 5.41) is 12.4. The summed E-state index contributed by atoms with van der Waals surface area (Å²) >= 11 is 0. The van der Waals surface area contributed by atoms with E-state index in [4.69, 9.17) is 0 Å². The van der Waals surface area contributed by atoms with Gasteiger partial charge in [0.15, 0.2) is 0 Å². The van der Waals surface area contributed by atoms with E-state index < -0.39 is 0 Å². The lowest BCUT2D eigenvalue weighted by Gasteiger charge is -2.02. The minimum Gasteiger partial charge on any atom is -0.277 e. The molecule has 67 valence electrons. The monoisotopic (exact) mass is 182 g/mol. The van der Waals surface area contributed by atoms with Crippen LogP contribution in [0, 0.1) is 0 Å². The zero-order chi connectivity index (χ0) is 9.38. The molecular weight excluding hydrogens is 174 g/mol. The first-order valence-electron chi connectivity index (χ1n) is 4.45. The number of rotatable bonds is 1. The number of fused-ring (bicyclic) bond motifs is 1. The number of benzene rings is 1. The Labute approximate surface area is 81.1 Å². The van der Waals surface area contributed by atoms with Crippen LogP contribution in [0.1, 0.15) is 5.56 Å². The fourth-order valence-electron chi connectivity index (χ4n) is 1.64. The van der Waals surface area contributed by atoms with Crippen molar-refractivity contribution in [3.63, 3.8) is 0 Å². The van der Waals surface area contributed by atoms with Gasteiger partial charge in [0.05, 0.1) is 17.4 Å². The lowest BCUT2D eigenvalue weighted by atomic mass is 10.1. The highest BCUT2D eigenvalue weighted by molar-refractivity contribution is 5.90. The second kappa shape index (κ2) is 2.73. The van der Waals surface area contributed by atoms with Crippen molar-refractivity contribution in [3.8, 4) is 0 Å². The number of hydrogen-bond acceptors (Lipinski definition) is 1. The highest BCUT2D eigenvalue weighted by Gasteiger charge is 2.08. The minimum atomic E-state index is 0.986. The maximum Gasteiger partial charge on any atom is 0.0744 e. The molecule has 0 amide bonds. The number of para-hydroxylation sites is 1. The first-order chi connectivity index (χ1) is 6.95. The molecule has 1 radical (unpaired) electrons. The number of aromatic nitrogens is 2. The van der Waals surface area contributed by atoms with Gasteiger partial charge in [-0.05, 0) is 12.2 Å². The van der Waals surface area contributed by atoms with E-state index in [9.17, 15) is 0 Å². The number of nitrogens with zero attached hydrogens (tertiary/aromatic N) is 2. The SMILES string of the molecule is C1=C[N]C(c2cccc3cn[nH]c23)=C1. The molecule has 0 fully saturated rings. The van der Waals surface area contributed by atoms with Crippen LogP contribution in [0.5, 0.6) is 0 Å². The molecule has 1 aliphatic rings. The van der Waals surface area contributed by atoms with Crippen molar-refractivity contribution in [3.05, 3.63) is 48.3 Å². The Balaban J connectivity index is 2.25. The third-order valence-electron chi connectivity index (χ3n) is 2.31. The Kier molecular flexibility index (Phi) is 1.44. The molecule has 0 unspecified atom stereocenters. The van der Waals surface area contributed by atoms with E-state index in [1.165, 1.54) is 0 Å². The summed E-state index contributed by atoms with van der Waals surface area (Å²) in [7, 11) is 0. The molecule has 3 nitrogen and oxygen atoms in total. The molecule has 0 bridgehead atoms. The van der Waals surface area contributed by atoms with Crippen LogP contribution in [-0.2, 0) is 0 Å². The first kappa shape index (κ1) is 7.38. The zero-order valence-corrected chi connectivity index (χ0v) is 7.44. The van der Waals surface area contributed by atoms with E-state index >= 15 is 0 Å². The summed E-state index contributed by atoms with van der Waals surface area (Å²) in [6.45, 7) is 0. The van der Waals surface area contributed by atoms with Gasteiger partial charge in [0.25, 0.3) is 0 Å². The molecule has 1 aromatic carbocycles.